The summed E-state index contributed by atoms with van der Waals surface area (Å²) in [6, 6.07) is 0. The number of alkyl halides is 5. The molecule has 0 radical (unpaired) electrons. The van der Waals surface area contributed by atoms with Crippen molar-refractivity contribution in [2.24, 2.45) is 0 Å². The third-order valence-electron chi connectivity index (χ3n) is 1.01. The van der Waals surface area contributed by atoms with Crippen LogP contribution in [0.15, 0.2) is 0 Å². The molecule has 12 heavy (non-hydrogen) atoms. The molecule has 7 heteroatoms. The fourth-order valence-corrected chi connectivity index (χ4v) is 0.772. The van der Waals surface area contributed by atoms with Crippen molar-refractivity contribution in [1.29, 1.82) is 0 Å². The van der Waals surface area contributed by atoms with Crippen LogP contribution in [0, 0.1) is 0 Å². The Balaban J connectivity index is 4.33. The molecule has 0 saturated carbocycles. The molecule has 0 unspecified atom stereocenters. The highest BCUT2D eigenvalue weighted by Gasteiger charge is 2.47. The van der Waals surface area contributed by atoms with E-state index >= 15 is 0 Å². The predicted molar refractivity (Wildman–Crippen MR) is 51.4 cm³/mol. The van der Waals surface area contributed by atoms with E-state index in [4.69, 9.17) is 58.0 Å². The molecule has 0 heterocycles. The van der Waals surface area contributed by atoms with Gasteiger partial charge in [0.2, 0.25) is 3.79 Å². The summed E-state index contributed by atoms with van der Waals surface area (Å²) >= 11 is 27.3. The first-order chi connectivity index (χ1) is 5.20. The van der Waals surface area contributed by atoms with Gasteiger partial charge < -0.3 is 4.74 Å². The van der Waals surface area contributed by atoms with Gasteiger partial charge in [-0.05, 0) is 0 Å². The van der Waals surface area contributed by atoms with E-state index in [1.54, 1.807) is 0 Å². The maximum atomic E-state index is 10.7. The summed E-state index contributed by atoms with van der Waals surface area (Å²) in [5.74, 6) is -0.647. The molecule has 0 aliphatic heterocycles. The Morgan fingerprint density at radius 3 is 1.92 bits per heavy atom. The molecule has 0 saturated heterocycles. The molecule has 0 aliphatic carbocycles. The van der Waals surface area contributed by atoms with Crippen molar-refractivity contribution in [1.82, 2.24) is 0 Å². The van der Waals surface area contributed by atoms with E-state index in [0.29, 0.717) is 0 Å². The Morgan fingerprint density at radius 2 is 1.67 bits per heavy atom. The first-order valence-corrected chi connectivity index (χ1v) is 4.61. The smallest absolute Gasteiger partial charge is 0.308 e. The summed E-state index contributed by atoms with van der Waals surface area (Å²) < 4.78 is 0.598. The molecule has 0 spiro atoms. The summed E-state index contributed by atoms with van der Waals surface area (Å²) in [6.45, 7) is 0. The van der Waals surface area contributed by atoms with Gasteiger partial charge in [0.05, 0.1) is 13.5 Å². The number of methoxy groups -OCH3 is 1. The number of carbonyl (C=O) groups excluding carboxylic acids is 1. The standard InChI is InChI=1S/C5H5Cl5O2/c1-12-3(11)2-4(6,7)5(8,9)10/h2H2,1H3. The topological polar surface area (TPSA) is 26.3 Å². The molecule has 0 aromatic heterocycles. The Kier molecular flexibility index (Phi) is 4.77. The summed E-state index contributed by atoms with van der Waals surface area (Å²) in [4.78, 5) is 10.7. The summed E-state index contributed by atoms with van der Waals surface area (Å²) in [5.41, 5.74) is 0. The monoisotopic (exact) mass is 272 g/mol. The third kappa shape index (κ3) is 3.75. The number of ether oxygens (including phenoxy) is 1. The van der Waals surface area contributed by atoms with Crippen LogP contribution in [0.3, 0.4) is 0 Å². The minimum Gasteiger partial charge on any atom is -0.469 e. The van der Waals surface area contributed by atoms with Crippen molar-refractivity contribution >= 4 is 64.0 Å². The maximum absolute atomic E-state index is 10.7. The molecule has 0 amide bonds. The molecule has 0 N–H and O–H groups in total. The third-order valence-corrected chi connectivity index (χ3v) is 3.39. The Hall–Kier alpha value is 0.920. The van der Waals surface area contributed by atoms with Gasteiger partial charge in [-0.1, -0.05) is 58.0 Å². The zero-order valence-corrected chi connectivity index (χ0v) is 9.69. The molecule has 0 aromatic rings. The lowest BCUT2D eigenvalue weighted by atomic mass is 10.3. The van der Waals surface area contributed by atoms with Gasteiger partial charge in [-0.2, -0.15) is 0 Å². The molecular formula is C5H5Cl5O2. The predicted octanol–water partition coefficient (Wildman–Crippen LogP) is 3.09. The maximum Gasteiger partial charge on any atom is 0.308 e. The van der Waals surface area contributed by atoms with Crippen molar-refractivity contribution in [3.05, 3.63) is 0 Å². The highest BCUT2D eigenvalue weighted by atomic mass is 35.6. The molecule has 0 bridgehead atoms. The van der Waals surface area contributed by atoms with Crippen LogP contribution in [-0.4, -0.2) is 21.2 Å². The van der Waals surface area contributed by atoms with E-state index in [9.17, 15) is 4.79 Å². The van der Waals surface area contributed by atoms with Crippen LogP contribution < -0.4 is 0 Å². The second-order valence-electron chi connectivity index (χ2n) is 1.96. The fourth-order valence-electron chi connectivity index (χ4n) is 0.354. The van der Waals surface area contributed by atoms with E-state index in [-0.39, 0.29) is 6.42 Å². The van der Waals surface area contributed by atoms with Crippen LogP contribution >= 0.6 is 58.0 Å². The van der Waals surface area contributed by atoms with Gasteiger partial charge in [0.1, 0.15) is 0 Å². The average molecular weight is 274 g/mol. The molecule has 0 rings (SSSR count). The Bertz CT molecular complexity index is 173. The number of carbonyl (C=O) groups is 1. The van der Waals surface area contributed by atoms with Gasteiger partial charge in [0, 0.05) is 0 Å². The van der Waals surface area contributed by atoms with Crippen molar-refractivity contribution in [3.8, 4) is 0 Å². The van der Waals surface area contributed by atoms with Crippen molar-refractivity contribution in [2.75, 3.05) is 7.11 Å². The second-order valence-corrected chi connectivity index (χ2v) is 5.72. The molecule has 0 aromatic carbocycles. The minimum atomic E-state index is -1.93. The van der Waals surface area contributed by atoms with E-state index in [0.717, 1.165) is 0 Å². The fraction of sp³-hybridized carbons (Fsp3) is 0.800. The summed E-state index contributed by atoms with van der Waals surface area (Å²) in [7, 11) is 1.19. The lowest BCUT2D eigenvalue weighted by molar-refractivity contribution is -0.140. The second kappa shape index (κ2) is 4.43. The molecule has 72 valence electrons. The SMILES string of the molecule is COC(=O)CC(Cl)(Cl)C(Cl)(Cl)Cl. The summed E-state index contributed by atoms with van der Waals surface area (Å²) in [5, 5.41) is 0. The normalized spacial score (nSPS) is 12.8. The highest BCUT2D eigenvalue weighted by Crippen LogP contribution is 2.48. The molecule has 2 nitrogen and oxygen atoms in total. The number of rotatable bonds is 2. The van der Waals surface area contributed by atoms with Gasteiger partial charge in [-0.25, -0.2) is 0 Å². The van der Waals surface area contributed by atoms with E-state index in [2.05, 4.69) is 4.74 Å². The molecule has 0 aliphatic rings. The lowest BCUT2D eigenvalue weighted by Crippen LogP contribution is -2.33. The van der Waals surface area contributed by atoms with E-state index in [1.165, 1.54) is 7.11 Å². The Morgan fingerprint density at radius 1 is 1.25 bits per heavy atom. The molecule has 0 atom stereocenters. The van der Waals surface area contributed by atoms with Gasteiger partial charge in [-0.3, -0.25) is 4.79 Å². The van der Waals surface area contributed by atoms with Crippen molar-refractivity contribution in [3.63, 3.8) is 0 Å². The van der Waals surface area contributed by atoms with Crippen LogP contribution in [0.4, 0.5) is 0 Å². The number of hydrogen-bond acceptors (Lipinski definition) is 2. The molecule has 0 fully saturated rings. The van der Waals surface area contributed by atoms with Crippen LogP contribution in [-0.2, 0) is 9.53 Å². The van der Waals surface area contributed by atoms with E-state index < -0.39 is 14.1 Å². The van der Waals surface area contributed by atoms with Crippen molar-refractivity contribution < 1.29 is 9.53 Å². The first-order valence-electron chi connectivity index (χ1n) is 2.72. The van der Waals surface area contributed by atoms with Gasteiger partial charge in [0.15, 0.2) is 4.33 Å². The van der Waals surface area contributed by atoms with Crippen molar-refractivity contribution in [2.45, 2.75) is 14.5 Å². The van der Waals surface area contributed by atoms with Crippen LogP contribution in [0.2, 0.25) is 0 Å². The van der Waals surface area contributed by atoms with Crippen LogP contribution in [0.25, 0.3) is 0 Å². The minimum absolute atomic E-state index is 0.386. The summed E-state index contributed by atoms with van der Waals surface area (Å²) in [6.07, 6.45) is -0.386. The number of halogens is 5. The van der Waals surface area contributed by atoms with E-state index in [1.807, 2.05) is 0 Å². The van der Waals surface area contributed by atoms with Gasteiger partial charge >= 0.3 is 5.97 Å². The van der Waals surface area contributed by atoms with Crippen LogP contribution in [0.1, 0.15) is 6.42 Å². The number of esters is 1. The number of hydrogen-bond donors (Lipinski definition) is 0. The average Bonchev–Trinajstić information content (AvgIpc) is 1.84. The molecular weight excluding hydrogens is 269 g/mol. The van der Waals surface area contributed by atoms with Crippen LogP contribution in [0.5, 0.6) is 0 Å². The highest BCUT2D eigenvalue weighted by molar-refractivity contribution is 6.75. The zero-order valence-electron chi connectivity index (χ0n) is 5.91. The lowest BCUT2D eigenvalue weighted by Gasteiger charge is -2.25. The quantitative estimate of drug-likeness (QED) is 0.571. The zero-order chi connectivity index (χ0) is 9.99. The first kappa shape index (κ1) is 12.9. The van der Waals surface area contributed by atoms with Gasteiger partial charge in [0.25, 0.3) is 0 Å². The largest absolute Gasteiger partial charge is 0.469 e. The Labute approximate surface area is 95.0 Å². The van der Waals surface area contributed by atoms with Gasteiger partial charge in [-0.15, -0.1) is 0 Å².